The minimum Gasteiger partial charge on any atom is -0.481 e. The van der Waals surface area contributed by atoms with Crippen LogP contribution in [0.3, 0.4) is 0 Å². The van der Waals surface area contributed by atoms with Crippen LogP contribution in [0.1, 0.15) is 19.8 Å². The van der Waals surface area contributed by atoms with Gasteiger partial charge in [0, 0.05) is 13.3 Å². The fourth-order valence-electron chi connectivity index (χ4n) is 1.35. The Bertz CT molecular complexity index is 244. The van der Waals surface area contributed by atoms with Crippen molar-refractivity contribution in [2.75, 3.05) is 0 Å². The van der Waals surface area contributed by atoms with Crippen LogP contribution in [0.25, 0.3) is 0 Å². The summed E-state index contributed by atoms with van der Waals surface area (Å²) >= 11 is 0. The van der Waals surface area contributed by atoms with E-state index in [1.165, 1.54) is 6.92 Å². The fourth-order valence-corrected chi connectivity index (χ4v) is 1.35. The van der Waals surface area contributed by atoms with Crippen LogP contribution in [0.15, 0.2) is 12.2 Å². The molecule has 0 fully saturated rings. The molecule has 0 aromatic carbocycles. The molecule has 0 aliphatic heterocycles. The SMILES string of the molecule is CC(=O)O[C@@H]1C=CC[C@@H](C(=O)O)C1. The van der Waals surface area contributed by atoms with E-state index in [0.717, 1.165) is 0 Å². The van der Waals surface area contributed by atoms with Crippen molar-refractivity contribution in [2.45, 2.75) is 25.9 Å². The molecule has 1 aliphatic carbocycles. The fraction of sp³-hybridized carbons (Fsp3) is 0.556. The summed E-state index contributed by atoms with van der Waals surface area (Å²) in [5.41, 5.74) is 0. The zero-order chi connectivity index (χ0) is 9.84. The average molecular weight is 184 g/mol. The molecule has 1 N–H and O–H groups in total. The highest BCUT2D eigenvalue weighted by molar-refractivity contribution is 5.71. The molecule has 0 heterocycles. The molecule has 0 unspecified atom stereocenters. The molecular formula is C9H12O4. The molecule has 13 heavy (non-hydrogen) atoms. The lowest BCUT2D eigenvalue weighted by Gasteiger charge is -2.21. The first kappa shape index (κ1) is 9.77. The molecule has 0 spiro atoms. The number of ether oxygens (including phenoxy) is 1. The third-order valence-electron chi connectivity index (χ3n) is 1.95. The summed E-state index contributed by atoms with van der Waals surface area (Å²) in [6.07, 6.45) is 4.02. The standard InChI is InChI=1S/C9H12O4/c1-6(10)13-8-4-2-3-7(5-8)9(11)12/h2,4,7-8H,3,5H2,1H3,(H,11,12)/t7-,8-/m1/s1. The molecule has 0 saturated carbocycles. The summed E-state index contributed by atoms with van der Waals surface area (Å²) < 4.78 is 4.88. The molecule has 0 aromatic rings. The average Bonchev–Trinajstić information content (AvgIpc) is 2.03. The van der Waals surface area contributed by atoms with Gasteiger partial charge in [-0.15, -0.1) is 0 Å². The second-order valence-corrected chi connectivity index (χ2v) is 3.08. The Labute approximate surface area is 76.2 Å². The van der Waals surface area contributed by atoms with Crippen LogP contribution < -0.4 is 0 Å². The van der Waals surface area contributed by atoms with Gasteiger partial charge in [0.2, 0.25) is 0 Å². The Kier molecular flexibility index (Phi) is 3.06. The van der Waals surface area contributed by atoms with Crippen molar-refractivity contribution in [3.05, 3.63) is 12.2 Å². The van der Waals surface area contributed by atoms with Crippen molar-refractivity contribution in [2.24, 2.45) is 5.92 Å². The van der Waals surface area contributed by atoms with Gasteiger partial charge in [-0.25, -0.2) is 0 Å². The lowest BCUT2D eigenvalue weighted by atomic mass is 9.93. The van der Waals surface area contributed by atoms with E-state index in [0.29, 0.717) is 12.8 Å². The summed E-state index contributed by atoms with van der Waals surface area (Å²) in [7, 11) is 0. The molecule has 4 nitrogen and oxygen atoms in total. The molecular weight excluding hydrogens is 172 g/mol. The first-order chi connectivity index (χ1) is 6.09. The highest BCUT2D eigenvalue weighted by Gasteiger charge is 2.24. The van der Waals surface area contributed by atoms with Gasteiger partial charge in [-0.05, 0) is 12.5 Å². The van der Waals surface area contributed by atoms with Crippen LogP contribution >= 0.6 is 0 Å². The number of aliphatic carboxylic acids is 1. The van der Waals surface area contributed by atoms with Gasteiger partial charge in [0.05, 0.1) is 5.92 Å². The van der Waals surface area contributed by atoms with Crippen LogP contribution in [0.5, 0.6) is 0 Å². The molecule has 0 radical (unpaired) electrons. The maximum absolute atomic E-state index is 10.6. The molecule has 4 heteroatoms. The van der Waals surface area contributed by atoms with Crippen molar-refractivity contribution in [3.8, 4) is 0 Å². The van der Waals surface area contributed by atoms with Gasteiger partial charge in [-0.2, -0.15) is 0 Å². The predicted octanol–water partition coefficient (Wildman–Crippen LogP) is 0.969. The zero-order valence-electron chi connectivity index (χ0n) is 7.40. The number of hydrogen-bond acceptors (Lipinski definition) is 3. The van der Waals surface area contributed by atoms with Gasteiger partial charge in [0.1, 0.15) is 6.10 Å². The number of rotatable bonds is 2. The van der Waals surface area contributed by atoms with Gasteiger partial charge in [-0.1, -0.05) is 6.08 Å². The van der Waals surface area contributed by atoms with Crippen LogP contribution in [0, 0.1) is 5.92 Å². The van der Waals surface area contributed by atoms with Crippen LogP contribution in [-0.2, 0) is 14.3 Å². The maximum atomic E-state index is 10.6. The molecule has 0 saturated heterocycles. The highest BCUT2D eigenvalue weighted by Crippen LogP contribution is 2.20. The van der Waals surface area contributed by atoms with Crippen LogP contribution in [0.2, 0.25) is 0 Å². The summed E-state index contributed by atoms with van der Waals surface area (Å²) in [4.78, 5) is 21.2. The van der Waals surface area contributed by atoms with E-state index < -0.39 is 11.9 Å². The van der Waals surface area contributed by atoms with Crippen molar-refractivity contribution in [1.29, 1.82) is 0 Å². The van der Waals surface area contributed by atoms with Crippen molar-refractivity contribution in [1.82, 2.24) is 0 Å². The van der Waals surface area contributed by atoms with E-state index in [1.54, 1.807) is 12.2 Å². The van der Waals surface area contributed by atoms with E-state index in [-0.39, 0.29) is 12.1 Å². The summed E-state index contributed by atoms with van der Waals surface area (Å²) in [6.45, 7) is 1.32. The van der Waals surface area contributed by atoms with Crippen LogP contribution in [0.4, 0.5) is 0 Å². The predicted molar refractivity (Wildman–Crippen MR) is 45.1 cm³/mol. The first-order valence-electron chi connectivity index (χ1n) is 4.16. The van der Waals surface area contributed by atoms with Crippen molar-refractivity contribution < 1.29 is 19.4 Å². The Balaban J connectivity index is 2.51. The molecule has 0 amide bonds. The first-order valence-corrected chi connectivity index (χ1v) is 4.16. The van der Waals surface area contributed by atoms with E-state index >= 15 is 0 Å². The smallest absolute Gasteiger partial charge is 0.306 e. The second-order valence-electron chi connectivity index (χ2n) is 3.08. The van der Waals surface area contributed by atoms with Gasteiger partial charge < -0.3 is 9.84 Å². The lowest BCUT2D eigenvalue weighted by Crippen LogP contribution is -2.25. The number of carbonyl (C=O) groups excluding carboxylic acids is 1. The van der Waals surface area contributed by atoms with Crippen molar-refractivity contribution >= 4 is 11.9 Å². The summed E-state index contributed by atoms with van der Waals surface area (Å²) in [5.74, 6) is -1.63. The molecule has 1 rings (SSSR count). The number of carbonyl (C=O) groups is 2. The number of carboxylic acid groups (broad SMARTS) is 1. The van der Waals surface area contributed by atoms with E-state index in [2.05, 4.69) is 0 Å². The van der Waals surface area contributed by atoms with Crippen molar-refractivity contribution in [3.63, 3.8) is 0 Å². The maximum Gasteiger partial charge on any atom is 0.306 e. The molecule has 0 aromatic heterocycles. The third-order valence-corrected chi connectivity index (χ3v) is 1.95. The largest absolute Gasteiger partial charge is 0.481 e. The Morgan fingerprint density at radius 1 is 1.54 bits per heavy atom. The highest BCUT2D eigenvalue weighted by atomic mass is 16.5. The minimum atomic E-state index is -0.832. The normalized spacial score (nSPS) is 26.8. The van der Waals surface area contributed by atoms with Crippen LogP contribution in [-0.4, -0.2) is 23.1 Å². The number of carboxylic acids is 1. The second kappa shape index (κ2) is 4.07. The quantitative estimate of drug-likeness (QED) is 0.513. The Morgan fingerprint density at radius 3 is 2.77 bits per heavy atom. The molecule has 72 valence electrons. The molecule has 0 bridgehead atoms. The summed E-state index contributed by atoms with van der Waals surface area (Å²) in [5, 5.41) is 8.72. The number of allylic oxidation sites excluding steroid dienone is 1. The summed E-state index contributed by atoms with van der Waals surface area (Å²) in [6, 6.07) is 0. The Morgan fingerprint density at radius 2 is 2.23 bits per heavy atom. The lowest BCUT2D eigenvalue weighted by molar-refractivity contribution is -0.149. The monoisotopic (exact) mass is 184 g/mol. The Hall–Kier alpha value is -1.32. The van der Waals surface area contributed by atoms with E-state index in [1.807, 2.05) is 0 Å². The topological polar surface area (TPSA) is 63.6 Å². The number of esters is 1. The van der Waals surface area contributed by atoms with Gasteiger partial charge in [0.15, 0.2) is 0 Å². The van der Waals surface area contributed by atoms with E-state index in [9.17, 15) is 9.59 Å². The molecule has 2 atom stereocenters. The third kappa shape index (κ3) is 2.89. The van der Waals surface area contributed by atoms with Gasteiger partial charge in [0.25, 0.3) is 0 Å². The van der Waals surface area contributed by atoms with Gasteiger partial charge >= 0.3 is 11.9 Å². The van der Waals surface area contributed by atoms with E-state index in [4.69, 9.17) is 9.84 Å². The van der Waals surface area contributed by atoms with Gasteiger partial charge in [-0.3, -0.25) is 9.59 Å². The minimum absolute atomic E-state index is 0.368. The zero-order valence-corrected chi connectivity index (χ0v) is 7.40. The molecule has 1 aliphatic rings. The number of hydrogen-bond donors (Lipinski definition) is 1.